The van der Waals surface area contributed by atoms with Crippen LogP contribution in [0.25, 0.3) is 0 Å². The fraction of sp³-hybridized carbons (Fsp3) is 0.571. The van der Waals surface area contributed by atoms with Crippen LogP contribution in [-0.4, -0.2) is 24.3 Å². The molecule has 2 atom stereocenters. The van der Waals surface area contributed by atoms with Crippen LogP contribution in [0.4, 0.5) is 10.1 Å². The topological polar surface area (TPSA) is 24.1 Å². The van der Waals surface area contributed by atoms with E-state index >= 15 is 0 Å². The smallest absolute Gasteiger partial charge is 0.133 e. The van der Waals surface area contributed by atoms with Gasteiger partial charge >= 0.3 is 0 Å². The molecule has 0 fully saturated rings. The maximum Gasteiger partial charge on any atom is 0.133 e. The highest BCUT2D eigenvalue weighted by atomic mass is 19.1. The zero-order valence-corrected chi connectivity index (χ0v) is 10.8. The van der Waals surface area contributed by atoms with Crippen molar-refractivity contribution in [3.63, 3.8) is 0 Å². The lowest BCUT2D eigenvalue weighted by Gasteiger charge is -2.24. The summed E-state index contributed by atoms with van der Waals surface area (Å²) in [5, 5.41) is 6.47. The highest BCUT2D eigenvalue weighted by molar-refractivity contribution is 5.56. The highest BCUT2D eigenvalue weighted by Gasteiger charge is 2.28. The standard InChI is InChI=1S/C14H21FN2/c1-14(2,3)16-9-11(15)13-8-10-6-4-5-7-12(10)17-13/h4-7,11,13,16-17H,8-9H2,1-3H3. The molecular weight excluding hydrogens is 215 g/mol. The summed E-state index contributed by atoms with van der Waals surface area (Å²) in [4.78, 5) is 0. The largest absolute Gasteiger partial charge is 0.379 e. The van der Waals surface area contributed by atoms with E-state index in [1.807, 2.05) is 18.2 Å². The van der Waals surface area contributed by atoms with E-state index in [9.17, 15) is 4.39 Å². The maximum absolute atomic E-state index is 14.1. The molecule has 0 aromatic heterocycles. The van der Waals surface area contributed by atoms with Crippen molar-refractivity contribution in [1.82, 2.24) is 5.32 Å². The molecule has 1 heterocycles. The summed E-state index contributed by atoms with van der Waals surface area (Å²) in [6, 6.07) is 7.96. The van der Waals surface area contributed by atoms with Crippen molar-refractivity contribution in [2.24, 2.45) is 0 Å². The second kappa shape index (κ2) is 4.65. The Bertz CT molecular complexity index is 359. The fourth-order valence-electron chi connectivity index (χ4n) is 2.09. The lowest BCUT2D eigenvalue weighted by atomic mass is 10.0. The second-order valence-corrected chi connectivity index (χ2v) is 5.76. The van der Waals surface area contributed by atoms with Gasteiger partial charge in [-0.2, -0.15) is 0 Å². The molecule has 0 saturated heterocycles. The van der Waals surface area contributed by atoms with Crippen molar-refractivity contribution in [1.29, 1.82) is 0 Å². The summed E-state index contributed by atoms with van der Waals surface area (Å²) < 4.78 is 14.1. The fourth-order valence-corrected chi connectivity index (χ4v) is 2.09. The number of halogens is 1. The molecule has 0 radical (unpaired) electrons. The number of anilines is 1. The Labute approximate surface area is 103 Å². The molecule has 0 aliphatic carbocycles. The van der Waals surface area contributed by atoms with Gasteiger partial charge in [-0.05, 0) is 38.8 Å². The Morgan fingerprint density at radius 2 is 2.12 bits per heavy atom. The predicted molar refractivity (Wildman–Crippen MR) is 70.2 cm³/mol. The first-order valence-electron chi connectivity index (χ1n) is 6.19. The number of para-hydroxylation sites is 1. The second-order valence-electron chi connectivity index (χ2n) is 5.76. The lowest BCUT2D eigenvalue weighted by molar-refractivity contribution is 0.260. The number of nitrogens with one attached hydrogen (secondary N) is 2. The van der Waals surface area contributed by atoms with Crippen LogP contribution in [0.3, 0.4) is 0 Å². The van der Waals surface area contributed by atoms with Crippen molar-refractivity contribution < 1.29 is 4.39 Å². The first kappa shape index (κ1) is 12.4. The van der Waals surface area contributed by atoms with Crippen molar-refractivity contribution in [2.45, 2.75) is 44.9 Å². The average Bonchev–Trinajstić information content (AvgIpc) is 2.68. The van der Waals surface area contributed by atoms with Gasteiger partial charge in [0, 0.05) is 17.8 Å². The minimum Gasteiger partial charge on any atom is -0.379 e. The molecule has 2 unspecified atom stereocenters. The molecular formula is C14H21FN2. The maximum atomic E-state index is 14.1. The molecule has 2 rings (SSSR count). The Balaban J connectivity index is 1.90. The van der Waals surface area contributed by atoms with Gasteiger partial charge in [0.1, 0.15) is 6.17 Å². The average molecular weight is 236 g/mol. The molecule has 0 saturated carbocycles. The van der Waals surface area contributed by atoms with E-state index in [-0.39, 0.29) is 11.6 Å². The first-order valence-corrected chi connectivity index (χ1v) is 6.19. The van der Waals surface area contributed by atoms with E-state index in [2.05, 4.69) is 37.5 Å². The highest BCUT2D eigenvalue weighted by Crippen LogP contribution is 2.27. The van der Waals surface area contributed by atoms with E-state index in [0.29, 0.717) is 6.54 Å². The molecule has 1 aromatic rings. The van der Waals surface area contributed by atoms with E-state index < -0.39 is 6.17 Å². The predicted octanol–water partition coefficient (Wildman–Crippen LogP) is 2.75. The molecule has 0 amide bonds. The number of hydrogen-bond donors (Lipinski definition) is 2. The van der Waals surface area contributed by atoms with E-state index in [1.165, 1.54) is 5.56 Å². The van der Waals surface area contributed by atoms with Gasteiger partial charge in [-0.3, -0.25) is 0 Å². The van der Waals surface area contributed by atoms with Crippen molar-refractivity contribution in [2.75, 3.05) is 11.9 Å². The number of rotatable bonds is 3. The third kappa shape index (κ3) is 3.19. The third-order valence-corrected chi connectivity index (χ3v) is 3.06. The molecule has 2 nitrogen and oxygen atoms in total. The third-order valence-electron chi connectivity index (χ3n) is 3.06. The Morgan fingerprint density at radius 1 is 1.41 bits per heavy atom. The normalized spacial score (nSPS) is 20.8. The van der Waals surface area contributed by atoms with Gasteiger partial charge in [-0.1, -0.05) is 18.2 Å². The number of alkyl halides is 1. The van der Waals surface area contributed by atoms with Crippen LogP contribution in [0, 0.1) is 0 Å². The van der Waals surface area contributed by atoms with Crippen LogP contribution in [-0.2, 0) is 6.42 Å². The Kier molecular flexibility index (Phi) is 3.38. The van der Waals surface area contributed by atoms with Gasteiger partial charge in [-0.25, -0.2) is 4.39 Å². The number of benzene rings is 1. The minimum absolute atomic E-state index is 0.0319. The van der Waals surface area contributed by atoms with Crippen LogP contribution < -0.4 is 10.6 Å². The number of hydrogen-bond acceptors (Lipinski definition) is 2. The summed E-state index contributed by atoms with van der Waals surface area (Å²) in [6.07, 6.45) is -0.0787. The minimum atomic E-state index is -0.860. The van der Waals surface area contributed by atoms with Crippen LogP contribution >= 0.6 is 0 Å². The molecule has 1 aromatic carbocycles. The van der Waals surface area contributed by atoms with Crippen LogP contribution in [0.1, 0.15) is 26.3 Å². The molecule has 1 aliphatic heterocycles. The van der Waals surface area contributed by atoms with Crippen molar-refractivity contribution >= 4 is 5.69 Å². The lowest BCUT2D eigenvalue weighted by Crippen LogP contribution is -2.44. The summed E-state index contributed by atoms with van der Waals surface area (Å²) in [5.41, 5.74) is 2.27. The molecule has 2 N–H and O–H groups in total. The molecule has 3 heteroatoms. The van der Waals surface area contributed by atoms with Gasteiger partial charge < -0.3 is 10.6 Å². The van der Waals surface area contributed by atoms with Crippen LogP contribution in [0.15, 0.2) is 24.3 Å². The summed E-state index contributed by atoms with van der Waals surface area (Å²) in [7, 11) is 0. The van der Waals surface area contributed by atoms with Gasteiger partial charge in [0.2, 0.25) is 0 Å². The van der Waals surface area contributed by atoms with Crippen LogP contribution in [0.2, 0.25) is 0 Å². The number of fused-ring (bicyclic) bond motifs is 1. The van der Waals surface area contributed by atoms with Crippen LogP contribution in [0.5, 0.6) is 0 Å². The van der Waals surface area contributed by atoms with E-state index in [0.717, 1.165) is 12.1 Å². The summed E-state index contributed by atoms with van der Waals surface area (Å²) in [5.74, 6) is 0. The van der Waals surface area contributed by atoms with E-state index in [4.69, 9.17) is 0 Å². The van der Waals surface area contributed by atoms with Gasteiger partial charge in [0.15, 0.2) is 0 Å². The van der Waals surface area contributed by atoms with Gasteiger partial charge in [0.05, 0.1) is 6.04 Å². The molecule has 94 valence electrons. The first-order chi connectivity index (χ1) is 7.96. The molecule has 17 heavy (non-hydrogen) atoms. The van der Waals surface area contributed by atoms with Gasteiger partial charge in [0.25, 0.3) is 0 Å². The summed E-state index contributed by atoms with van der Waals surface area (Å²) in [6.45, 7) is 6.55. The monoisotopic (exact) mass is 236 g/mol. The Hall–Kier alpha value is -1.09. The van der Waals surface area contributed by atoms with E-state index in [1.54, 1.807) is 0 Å². The van der Waals surface area contributed by atoms with Crippen molar-refractivity contribution in [3.05, 3.63) is 29.8 Å². The van der Waals surface area contributed by atoms with Crippen molar-refractivity contribution in [3.8, 4) is 0 Å². The molecule has 0 bridgehead atoms. The SMILES string of the molecule is CC(C)(C)NCC(F)C1Cc2ccccc2N1. The van der Waals surface area contributed by atoms with Gasteiger partial charge in [-0.15, -0.1) is 0 Å². The molecule has 1 aliphatic rings. The molecule has 0 spiro atoms. The summed E-state index contributed by atoms with van der Waals surface area (Å²) >= 11 is 0. The zero-order chi connectivity index (χ0) is 12.5. The zero-order valence-electron chi connectivity index (χ0n) is 10.8. The quantitative estimate of drug-likeness (QED) is 0.843. The Morgan fingerprint density at radius 3 is 2.76 bits per heavy atom.